The molecule has 2 rings (SSSR count). The molecule has 0 bridgehead atoms. The lowest BCUT2D eigenvalue weighted by Crippen LogP contribution is -2.49. The van der Waals surface area contributed by atoms with Gasteiger partial charge in [-0.1, -0.05) is 12.1 Å². The Morgan fingerprint density at radius 2 is 1.87 bits per heavy atom. The number of likely N-dealkylation sites (tertiary alicyclic amines) is 1. The Hall–Kier alpha value is -1.06. The van der Waals surface area contributed by atoms with Crippen molar-refractivity contribution in [2.24, 2.45) is 4.99 Å². The minimum Gasteiger partial charge on any atom is -0.494 e. The van der Waals surface area contributed by atoms with Gasteiger partial charge in [-0.05, 0) is 71.8 Å². The third-order valence-corrected chi connectivity index (χ3v) is 5.31. The Morgan fingerprint density at radius 1 is 1.20 bits per heavy atom. The Balaban J connectivity index is 0.00000450. The molecule has 0 atom stereocenters. The molecule has 1 saturated heterocycles. The quantitative estimate of drug-likeness (QED) is 0.209. The van der Waals surface area contributed by atoms with Gasteiger partial charge in [-0.15, -0.1) is 24.0 Å². The van der Waals surface area contributed by atoms with Crippen molar-refractivity contribution in [2.75, 3.05) is 46.9 Å². The number of nitrogens with one attached hydrogen (secondary N) is 2. The monoisotopic (exact) mass is 531 g/mol. The fourth-order valence-electron chi connectivity index (χ4n) is 3.51. The van der Waals surface area contributed by atoms with Crippen LogP contribution in [0, 0.1) is 0 Å². The van der Waals surface area contributed by atoms with E-state index in [9.17, 15) is 0 Å². The van der Waals surface area contributed by atoms with E-state index in [0.29, 0.717) is 18.6 Å². The zero-order valence-corrected chi connectivity index (χ0v) is 21.8. The summed E-state index contributed by atoms with van der Waals surface area (Å²) in [5.74, 6) is 1.85. The van der Waals surface area contributed by atoms with Crippen molar-refractivity contribution >= 4 is 29.9 Å². The van der Waals surface area contributed by atoms with E-state index in [1.807, 2.05) is 12.1 Å². The van der Waals surface area contributed by atoms with Crippen molar-refractivity contribution in [3.63, 3.8) is 0 Å². The average Bonchev–Trinajstić information content (AvgIpc) is 2.71. The topological polar surface area (TPSA) is 52.1 Å². The number of aliphatic imine (C=N–C) groups is 1. The average molecular weight is 532 g/mol. The second-order valence-corrected chi connectivity index (χ2v) is 8.39. The molecule has 0 radical (unpaired) electrons. The molecule has 1 aromatic carbocycles. The van der Waals surface area contributed by atoms with Crippen LogP contribution in [0.5, 0.6) is 5.75 Å². The van der Waals surface area contributed by atoms with Crippen molar-refractivity contribution < 1.29 is 4.74 Å². The predicted octanol–water partition coefficient (Wildman–Crippen LogP) is 3.56. The minimum atomic E-state index is 0. The van der Waals surface area contributed by atoms with Crippen LogP contribution in [0.25, 0.3) is 0 Å². The van der Waals surface area contributed by atoms with Gasteiger partial charge in [0.2, 0.25) is 0 Å². The fourth-order valence-corrected chi connectivity index (χ4v) is 3.51. The first-order chi connectivity index (χ1) is 14.0. The lowest BCUT2D eigenvalue weighted by atomic mass is 10.0. The van der Waals surface area contributed by atoms with Crippen molar-refractivity contribution in [3.8, 4) is 5.75 Å². The van der Waals surface area contributed by atoms with Gasteiger partial charge >= 0.3 is 0 Å². The van der Waals surface area contributed by atoms with Gasteiger partial charge in [0.05, 0.1) is 13.2 Å². The Bertz CT molecular complexity index is 598. The zero-order chi connectivity index (χ0) is 21.1. The molecular formula is C23H42IN5O. The maximum Gasteiger partial charge on any atom is 0.191 e. The molecule has 0 saturated carbocycles. The van der Waals surface area contributed by atoms with Crippen LogP contribution in [0.2, 0.25) is 0 Å². The van der Waals surface area contributed by atoms with Gasteiger partial charge in [-0.3, -0.25) is 0 Å². The third-order valence-electron chi connectivity index (χ3n) is 5.31. The SMILES string of the molecule is CCNC(=NCc1ccc(OCCCN(C)C)cc1)NC1CCN(C(C)C)CC1.I. The minimum absolute atomic E-state index is 0. The second kappa shape index (κ2) is 14.9. The van der Waals surface area contributed by atoms with Crippen LogP contribution < -0.4 is 15.4 Å². The number of nitrogens with zero attached hydrogens (tertiary/aromatic N) is 3. The molecule has 2 N–H and O–H groups in total. The molecule has 1 heterocycles. The second-order valence-electron chi connectivity index (χ2n) is 8.39. The molecule has 7 heteroatoms. The lowest BCUT2D eigenvalue weighted by molar-refractivity contribution is 0.167. The number of guanidine groups is 1. The van der Waals surface area contributed by atoms with Crippen LogP contribution in [-0.4, -0.2) is 74.7 Å². The molecule has 30 heavy (non-hydrogen) atoms. The smallest absolute Gasteiger partial charge is 0.191 e. The van der Waals surface area contributed by atoms with Gasteiger partial charge < -0.3 is 25.2 Å². The third kappa shape index (κ3) is 10.3. The summed E-state index contributed by atoms with van der Waals surface area (Å²) in [5.41, 5.74) is 1.19. The van der Waals surface area contributed by atoms with E-state index < -0.39 is 0 Å². The van der Waals surface area contributed by atoms with Crippen LogP contribution >= 0.6 is 24.0 Å². The van der Waals surface area contributed by atoms with E-state index in [2.05, 4.69) is 67.4 Å². The Labute approximate surface area is 200 Å². The van der Waals surface area contributed by atoms with Crippen LogP contribution in [0.15, 0.2) is 29.3 Å². The highest BCUT2D eigenvalue weighted by Crippen LogP contribution is 2.14. The summed E-state index contributed by atoms with van der Waals surface area (Å²) in [6.45, 7) is 12.3. The molecule has 0 spiro atoms. The number of piperidine rings is 1. The van der Waals surface area contributed by atoms with E-state index in [-0.39, 0.29) is 24.0 Å². The Kier molecular flexibility index (Phi) is 13.4. The van der Waals surface area contributed by atoms with E-state index in [1.165, 1.54) is 18.4 Å². The van der Waals surface area contributed by atoms with Crippen LogP contribution in [0.4, 0.5) is 0 Å². The van der Waals surface area contributed by atoms with Crippen molar-refractivity contribution in [3.05, 3.63) is 29.8 Å². The fraction of sp³-hybridized carbons (Fsp3) is 0.696. The number of rotatable bonds is 10. The molecule has 1 aromatic rings. The van der Waals surface area contributed by atoms with Gasteiger partial charge in [0, 0.05) is 38.3 Å². The molecule has 0 unspecified atom stereocenters. The maximum atomic E-state index is 5.81. The molecule has 1 aliphatic heterocycles. The predicted molar refractivity (Wildman–Crippen MR) is 138 cm³/mol. The summed E-state index contributed by atoms with van der Waals surface area (Å²) in [7, 11) is 4.17. The molecule has 0 amide bonds. The summed E-state index contributed by atoms with van der Waals surface area (Å²) in [5, 5.41) is 7.01. The van der Waals surface area contributed by atoms with Gasteiger partial charge in [0.25, 0.3) is 0 Å². The van der Waals surface area contributed by atoms with Gasteiger partial charge in [0.1, 0.15) is 5.75 Å². The largest absolute Gasteiger partial charge is 0.494 e. The highest BCUT2D eigenvalue weighted by Gasteiger charge is 2.21. The normalized spacial score (nSPS) is 15.9. The van der Waals surface area contributed by atoms with Gasteiger partial charge in [-0.25, -0.2) is 4.99 Å². The lowest BCUT2D eigenvalue weighted by Gasteiger charge is -2.35. The number of halogens is 1. The van der Waals surface area contributed by atoms with E-state index in [4.69, 9.17) is 9.73 Å². The molecule has 0 aromatic heterocycles. The molecule has 6 nitrogen and oxygen atoms in total. The zero-order valence-electron chi connectivity index (χ0n) is 19.5. The summed E-state index contributed by atoms with van der Waals surface area (Å²) >= 11 is 0. The van der Waals surface area contributed by atoms with E-state index in [1.54, 1.807) is 0 Å². The summed E-state index contributed by atoms with van der Waals surface area (Å²) in [6, 6.07) is 9.44. The van der Waals surface area contributed by atoms with Crippen LogP contribution in [-0.2, 0) is 6.54 Å². The number of hydrogen-bond donors (Lipinski definition) is 2. The van der Waals surface area contributed by atoms with Gasteiger partial charge in [0.15, 0.2) is 5.96 Å². The number of benzene rings is 1. The summed E-state index contributed by atoms with van der Waals surface area (Å²) in [6.07, 6.45) is 3.37. The number of ether oxygens (including phenoxy) is 1. The van der Waals surface area contributed by atoms with Crippen LogP contribution in [0.1, 0.15) is 45.6 Å². The van der Waals surface area contributed by atoms with Crippen molar-refractivity contribution in [1.29, 1.82) is 0 Å². The highest BCUT2D eigenvalue weighted by molar-refractivity contribution is 14.0. The molecule has 1 fully saturated rings. The first-order valence-electron chi connectivity index (χ1n) is 11.1. The maximum absolute atomic E-state index is 5.81. The standard InChI is InChI=1S/C23H41N5O.HI/c1-6-24-23(26-21-12-15-28(16-13-21)19(2)3)25-18-20-8-10-22(11-9-20)29-17-7-14-27(4)5;/h8-11,19,21H,6-7,12-18H2,1-5H3,(H2,24,25,26);1H. The first kappa shape index (κ1) is 27.0. The van der Waals surface area contributed by atoms with Crippen molar-refractivity contribution in [2.45, 2.75) is 58.7 Å². The summed E-state index contributed by atoms with van der Waals surface area (Å²) in [4.78, 5) is 9.51. The molecule has 0 aliphatic carbocycles. The molecule has 172 valence electrons. The molecule has 1 aliphatic rings. The molecular weight excluding hydrogens is 489 g/mol. The number of hydrogen-bond acceptors (Lipinski definition) is 4. The van der Waals surface area contributed by atoms with Crippen molar-refractivity contribution in [1.82, 2.24) is 20.4 Å². The summed E-state index contributed by atoms with van der Waals surface area (Å²) < 4.78 is 5.81. The Morgan fingerprint density at radius 3 is 2.43 bits per heavy atom. The van der Waals surface area contributed by atoms with E-state index >= 15 is 0 Å². The first-order valence-corrected chi connectivity index (χ1v) is 11.1. The van der Waals surface area contributed by atoms with Gasteiger partial charge in [-0.2, -0.15) is 0 Å². The van der Waals surface area contributed by atoms with E-state index in [0.717, 1.165) is 50.9 Å². The van der Waals surface area contributed by atoms with Crippen LogP contribution in [0.3, 0.4) is 0 Å². The highest BCUT2D eigenvalue weighted by atomic mass is 127.